The van der Waals surface area contributed by atoms with Crippen molar-refractivity contribution in [1.82, 2.24) is 4.98 Å². The molecule has 0 aliphatic heterocycles. The fraction of sp³-hybridized carbons (Fsp3) is 0.125. The number of aromatic nitrogens is 1. The number of fused-ring (bicyclic) bond motifs is 1. The van der Waals surface area contributed by atoms with Crippen LogP contribution in [0.25, 0.3) is 10.2 Å². The summed E-state index contributed by atoms with van der Waals surface area (Å²) in [5.41, 5.74) is 4.74. The fourth-order valence-corrected chi connectivity index (χ4v) is 2.83. The molecule has 1 aromatic heterocycles. The zero-order valence-corrected chi connectivity index (χ0v) is 13.1. The molecule has 1 heterocycles. The molecular formula is C16H15N3O2S. The van der Waals surface area contributed by atoms with Gasteiger partial charge in [-0.05, 0) is 30.3 Å². The summed E-state index contributed by atoms with van der Waals surface area (Å²) in [4.78, 5) is 4.46. The number of hydrogen-bond donors (Lipinski definition) is 1. The van der Waals surface area contributed by atoms with Crippen LogP contribution >= 0.6 is 11.3 Å². The van der Waals surface area contributed by atoms with E-state index in [-0.39, 0.29) is 0 Å². The summed E-state index contributed by atoms with van der Waals surface area (Å²) in [6.07, 6.45) is 1.69. The summed E-state index contributed by atoms with van der Waals surface area (Å²) in [7, 11) is 3.25. The molecule has 0 aliphatic carbocycles. The smallest absolute Gasteiger partial charge is 0.204 e. The first-order valence-electron chi connectivity index (χ1n) is 6.67. The van der Waals surface area contributed by atoms with E-state index in [0.29, 0.717) is 0 Å². The van der Waals surface area contributed by atoms with E-state index in [4.69, 9.17) is 9.47 Å². The molecule has 0 aliphatic rings. The molecule has 3 rings (SSSR count). The van der Waals surface area contributed by atoms with E-state index in [1.54, 1.807) is 31.8 Å². The van der Waals surface area contributed by atoms with E-state index in [1.165, 1.54) is 0 Å². The molecule has 3 aromatic rings. The topological polar surface area (TPSA) is 55.7 Å². The van der Waals surface area contributed by atoms with Crippen LogP contribution in [0, 0.1) is 0 Å². The van der Waals surface area contributed by atoms with Crippen LogP contribution in [0.1, 0.15) is 5.56 Å². The van der Waals surface area contributed by atoms with E-state index in [1.807, 2.05) is 42.5 Å². The van der Waals surface area contributed by atoms with Gasteiger partial charge in [-0.15, -0.1) is 0 Å². The highest BCUT2D eigenvalue weighted by molar-refractivity contribution is 7.22. The Morgan fingerprint density at radius 3 is 2.77 bits per heavy atom. The van der Waals surface area contributed by atoms with Crippen LogP contribution in [0.3, 0.4) is 0 Å². The third-order valence-corrected chi connectivity index (χ3v) is 4.04. The van der Waals surface area contributed by atoms with Gasteiger partial charge in [-0.2, -0.15) is 5.10 Å². The van der Waals surface area contributed by atoms with Gasteiger partial charge in [0.15, 0.2) is 0 Å². The Labute approximate surface area is 132 Å². The monoisotopic (exact) mass is 313 g/mol. The molecule has 2 aromatic carbocycles. The van der Waals surface area contributed by atoms with Gasteiger partial charge in [-0.1, -0.05) is 23.5 Å². The zero-order chi connectivity index (χ0) is 15.4. The Balaban J connectivity index is 1.79. The third-order valence-electron chi connectivity index (χ3n) is 3.09. The maximum atomic E-state index is 5.31. The Morgan fingerprint density at radius 2 is 2.00 bits per heavy atom. The first-order valence-corrected chi connectivity index (χ1v) is 7.48. The summed E-state index contributed by atoms with van der Waals surface area (Å²) in [5.74, 6) is 1.48. The lowest BCUT2D eigenvalue weighted by atomic mass is 10.2. The van der Waals surface area contributed by atoms with Gasteiger partial charge in [0, 0.05) is 5.56 Å². The Bertz CT molecular complexity index is 781. The molecule has 0 atom stereocenters. The number of hydrogen-bond acceptors (Lipinski definition) is 6. The predicted octanol–water partition coefficient (Wildman–Crippen LogP) is 3.76. The summed E-state index contributed by atoms with van der Waals surface area (Å²) in [5, 5.41) is 4.98. The summed E-state index contributed by atoms with van der Waals surface area (Å²) < 4.78 is 11.6. The highest BCUT2D eigenvalue weighted by Crippen LogP contribution is 2.26. The van der Waals surface area contributed by atoms with Crippen molar-refractivity contribution in [2.75, 3.05) is 19.6 Å². The Hall–Kier alpha value is -2.60. The molecule has 112 valence electrons. The van der Waals surface area contributed by atoms with E-state index in [9.17, 15) is 0 Å². The molecule has 0 radical (unpaired) electrons. The number of benzene rings is 2. The normalized spacial score (nSPS) is 11.0. The molecule has 0 amide bonds. The number of nitrogens with one attached hydrogen (secondary N) is 1. The minimum atomic E-state index is 0.732. The fourth-order valence-electron chi connectivity index (χ4n) is 2.02. The van der Waals surface area contributed by atoms with Gasteiger partial charge < -0.3 is 9.47 Å². The molecule has 0 saturated carbocycles. The van der Waals surface area contributed by atoms with Crippen molar-refractivity contribution in [3.8, 4) is 11.5 Å². The molecule has 6 heteroatoms. The standard InChI is InChI=1S/C16H15N3O2S/c1-20-12-7-8-14(21-2)11(9-12)10-17-19-16-18-13-5-3-4-6-15(13)22-16/h3-10H,1-2H3,(H,18,19). The predicted molar refractivity (Wildman–Crippen MR) is 90.4 cm³/mol. The quantitative estimate of drug-likeness (QED) is 0.575. The first kappa shape index (κ1) is 14.3. The van der Waals surface area contributed by atoms with Gasteiger partial charge in [0.25, 0.3) is 0 Å². The average molecular weight is 313 g/mol. The van der Waals surface area contributed by atoms with Crippen LogP contribution in [-0.4, -0.2) is 25.4 Å². The first-order chi connectivity index (χ1) is 10.8. The second-order valence-electron chi connectivity index (χ2n) is 4.46. The number of rotatable bonds is 5. The second-order valence-corrected chi connectivity index (χ2v) is 5.50. The van der Waals surface area contributed by atoms with Crippen molar-refractivity contribution in [3.05, 3.63) is 48.0 Å². The Kier molecular flexibility index (Phi) is 4.20. The highest BCUT2D eigenvalue weighted by Gasteiger charge is 2.03. The van der Waals surface area contributed by atoms with Gasteiger partial charge in [0.1, 0.15) is 11.5 Å². The zero-order valence-electron chi connectivity index (χ0n) is 12.2. The maximum absolute atomic E-state index is 5.31. The number of methoxy groups -OCH3 is 2. The second kappa shape index (κ2) is 6.44. The van der Waals surface area contributed by atoms with Gasteiger partial charge >= 0.3 is 0 Å². The van der Waals surface area contributed by atoms with Gasteiger partial charge in [-0.3, -0.25) is 5.43 Å². The third kappa shape index (κ3) is 3.01. The van der Waals surface area contributed by atoms with Crippen LogP contribution < -0.4 is 14.9 Å². The molecule has 22 heavy (non-hydrogen) atoms. The molecule has 0 unspecified atom stereocenters. The van der Waals surface area contributed by atoms with Crippen LogP contribution in [0.15, 0.2) is 47.6 Å². The average Bonchev–Trinajstić information content (AvgIpc) is 2.97. The maximum Gasteiger partial charge on any atom is 0.204 e. The molecule has 0 bridgehead atoms. The number of thiazole rings is 1. The van der Waals surface area contributed by atoms with Crippen molar-refractivity contribution in [2.45, 2.75) is 0 Å². The van der Waals surface area contributed by atoms with Crippen molar-refractivity contribution >= 4 is 32.9 Å². The van der Waals surface area contributed by atoms with Crippen molar-refractivity contribution in [1.29, 1.82) is 0 Å². The van der Waals surface area contributed by atoms with Crippen molar-refractivity contribution < 1.29 is 9.47 Å². The molecule has 0 fully saturated rings. The van der Waals surface area contributed by atoms with Crippen LogP contribution in [0.5, 0.6) is 11.5 Å². The molecule has 5 nitrogen and oxygen atoms in total. The lowest BCUT2D eigenvalue weighted by Crippen LogP contribution is -1.95. The van der Waals surface area contributed by atoms with Crippen molar-refractivity contribution in [2.24, 2.45) is 5.10 Å². The lowest BCUT2D eigenvalue weighted by molar-refractivity contribution is 0.402. The molecular weight excluding hydrogens is 298 g/mol. The van der Waals surface area contributed by atoms with E-state index in [0.717, 1.165) is 32.4 Å². The minimum Gasteiger partial charge on any atom is -0.497 e. The molecule has 0 spiro atoms. The molecule has 0 saturated heterocycles. The lowest BCUT2D eigenvalue weighted by Gasteiger charge is -2.06. The van der Waals surface area contributed by atoms with Gasteiger partial charge in [0.2, 0.25) is 5.13 Å². The van der Waals surface area contributed by atoms with Crippen LogP contribution in [0.4, 0.5) is 5.13 Å². The highest BCUT2D eigenvalue weighted by atomic mass is 32.1. The summed E-state index contributed by atoms with van der Waals surface area (Å²) in [6.45, 7) is 0. The van der Waals surface area contributed by atoms with Crippen molar-refractivity contribution in [3.63, 3.8) is 0 Å². The number of hydrazone groups is 1. The number of anilines is 1. The summed E-state index contributed by atoms with van der Waals surface area (Å²) >= 11 is 1.56. The number of ether oxygens (including phenoxy) is 2. The van der Waals surface area contributed by atoms with Gasteiger partial charge in [-0.25, -0.2) is 4.98 Å². The number of para-hydroxylation sites is 1. The Morgan fingerprint density at radius 1 is 1.14 bits per heavy atom. The van der Waals surface area contributed by atoms with E-state index < -0.39 is 0 Å². The number of nitrogens with zero attached hydrogens (tertiary/aromatic N) is 2. The van der Waals surface area contributed by atoms with E-state index >= 15 is 0 Å². The SMILES string of the molecule is COc1ccc(OC)c(C=NNc2nc3ccccc3s2)c1. The van der Waals surface area contributed by atoms with Crippen LogP contribution in [0.2, 0.25) is 0 Å². The molecule has 1 N–H and O–H groups in total. The van der Waals surface area contributed by atoms with E-state index in [2.05, 4.69) is 15.5 Å². The van der Waals surface area contributed by atoms with Gasteiger partial charge in [0.05, 0.1) is 30.7 Å². The largest absolute Gasteiger partial charge is 0.497 e. The minimum absolute atomic E-state index is 0.732. The van der Waals surface area contributed by atoms with Crippen LogP contribution in [-0.2, 0) is 0 Å². The summed E-state index contributed by atoms with van der Waals surface area (Å²) in [6, 6.07) is 13.5.